The molecule has 0 unspecified atom stereocenters. The molecule has 0 radical (unpaired) electrons. The molecule has 1 N–H and O–H groups in total. The van der Waals surface area contributed by atoms with Gasteiger partial charge in [-0.25, -0.2) is 0 Å². The van der Waals surface area contributed by atoms with Gasteiger partial charge in [0.05, 0.1) is 7.11 Å². The number of ether oxygens (including phenoxy) is 1. The van der Waals surface area contributed by atoms with E-state index in [1.54, 1.807) is 37.6 Å². The number of hydrogen-bond acceptors (Lipinski definition) is 2. The van der Waals surface area contributed by atoms with Crippen molar-refractivity contribution in [2.24, 2.45) is 0 Å². The molecule has 0 saturated heterocycles. The Hall–Kier alpha value is -2.52. The molecule has 0 saturated carbocycles. The lowest BCUT2D eigenvalue weighted by molar-refractivity contribution is 0.104. The summed E-state index contributed by atoms with van der Waals surface area (Å²) in [6.07, 6.45) is 5.05. The number of nitrogens with one attached hydrogen (secondary N) is 1. The van der Waals surface area contributed by atoms with E-state index in [1.807, 2.05) is 30.3 Å². The first-order valence-electron chi connectivity index (χ1n) is 6.80. The molecule has 0 aliphatic heterocycles. The molecule has 3 nitrogen and oxygen atoms in total. The Morgan fingerprint density at radius 2 is 2.09 bits per heavy atom. The largest absolute Gasteiger partial charge is 0.497 e. The van der Waals surface area contributed by atoms with Gasteiger partial charge >= 0.3 is 0 Å². The standard InChI is InChI=1S/C18H14ClNO2/c1-22-14-4-2-3-12(9-14)5-8-18(21)16-11-20-17-10-13(19)6-7-15(16)17/h2-11,20H,1H3. The van der Waals surface area contributed by atoms with Crippen molar-refractivity contribution in [1.82, 2.24) is 4.98 Å². The van der Waals surface area contributed by atoms with Crippen molar-refractivity contribution in [3.05, 3.63) is 70.9 Å². The smallest absolute Gasteiger partial charge is 0.187 e. The molecule has 0 amide bonds. The number of ketones is 1. The summed E-state index contributed by atoms with van der Waals surface area (Å²) in [6.45, 7) is 0. The molecule has 3 rings (SSSR count). The minimum absolute atomic E-state index is 0.0589. The van der Waals surface area contributed by atoms with Crippen LogP contribution in [0.5, 0.6) is 5.75 Å². The predicted octanol–water partition coefficient (Wildman–Crippen LogP) is 4.73. The molecule has 1 aromatic heterocycles. The highest BCUT2D eigenvalue weighted by Crippen LogP contribution is 2.23. The summed E-state index contributed by atoms with van der Waals surface area (Å²) >= 11 is 5.95. The minimum Gasteiger partial charge on any atom is -0.497 e. The average Bonchev–Trinajstić information content (AvgIpc) is 2.95. The third-order valence-corrected chi connectivity index (χ3v) is 3.67. The van der Waals surface area contributed by atoms with Crippen molar-refractivity contribution in [3.63, 3.8) is 0 Å². The van der Waals surface area contributed by atoms with Crippen LogP contribution >= 0.6 is 11.6 Å². The van der Waals surface area contributed by atoms with Gasteiger partial charge < -0.3 is 9.72 Å². The zero-order chi connectivity index (χ0) is 15.5. The molecule has 110 valence electrons. The molecule has 0 bridgehead atoms. The second kappa shape index (κ2) is 6.08. The number of allylic oxidation sites excluding steroid dienone is 1. The SMILES string of the molecule is COc1cccc(C=CC(=O)c2c[nH]c3cc(Cl)ccc23)c1. The number of carbonyl (C=O) groups is 1. The van der Waals surface area contributed by atoms with Crippen LogP contribution in [0.3, 0.4) is 0 Å². The summed E-state index contributed by atoms with van der Waals surface area (Å²) in [6, 6.07) is 13.0. The first-order chi connectivity index (χ1) is 10.7. The summed E-state index contributed by atoms with van der Waals surface area (Å²) in [5, 5.41) is 1.50. The third-order valence-electron chi connectivity index (χ3n) is 3.43. The van der Waals surface area contributed by atoms with E-state index in [0.717, 1.165) is 22.2 Å². The van der Waals surface area contributed by atoms with Gasteiger partial charge in [-0.15, -0.1) is 0 Å². The van der Waals surface area contributed by atoms with Crippen LogP contribution in [0.25, 0.3) is 17.0 Å². The number of aromatic amines is 1. The summed E-state index contributed by atoms with van der Waals surface area (Å²) in [4.78, 5) is 15.4. The van der Waals surface area contributed by atoms with Gasteiger partial charge in [0.2, 0.25) is 0 Å². The number of carbonyl (C=O) groups excluding carboxylic acids is 1. The van der Waals surface area contributed by atoms with Gasteiger partial charge in [-0.1, -0.05) is 35.9 Å². The van der Waals surface area contributed by atoms with E-state index >= 15 is 0 Å². The molecule has 22 heavy (non-hydrogen) atoms. The Bertz CT molecular complexity index is 864. The lowest BCUT2D eigenvalue weighted by Crippen LogP contribution is -1.92. The van der Waals surface area contributed by atoms with Crippen LogP contribution in [-0.4, -0.2) is 17.9 Å². The van der Waals surface area contributed by atoms with Crippen LogP contribution in [0.2, 0.25) is 5.02 Å². The van der Waals surface area contributed by atoms with Gasteiger partial charge in [0, 0.05) is 27.7 Å². The fourth-order valence-corrected chi connectivity index (χ4v) is 2.48. The van der Waals surface area contributed by atoms with Crippen LogP contribution in [0.4, 0.5) is 0 Å². The summed E-state index contributed by atoms with van der Waals surface area (Å²) < 4.78 is 5.17. The van der Waals surface area contributed by atoms with Crippen LogP contribution in [0.15, 0.2) is 54.7 Å². The predicted molar refractivity (Wildman–Crippen MR) is 89.7 cm³/mol. The first-order valence-corrected chi connectivity index (χ1v) is 7.18. The van der Waals surface area contributed by atoms with Gasteiger partial charge in [0.15, 0.2) is 5.78 Å². The van der Waals surface area contributed by atoms with E-state index in [0.29, 0.717) is 10.6 Å². The lowest BCUT2D eigenvalue weighted by Gasteiger charge is -2.00. The fraction of sp³-hybridized carbons (Fsp3) is 0.0556. The van der Waals surface area contributed by atoms with Gasteiger partial charge in [0.25, 0.3) is 0 Å². The number of rotatable bonds is 4. The first kappa shape index (κ1) is 14.4. The normalized spacial score (nSPS) is 11.2. The molecule has 0 aliphatic rings. The Morgan fingerprint density at radius 3 is 2.91 bits per heavy atom. The summed E-state index contributed by atoms with van der Waals surface area (Å²) in [7, 11) is 1.62. The molecule has 0 spiro atoms. The Labute approximate surface area is 133 Å². The second-order valence-corrected chi connectivity index (χ2v) is 5.30. The number of halogens is 1. The maximum Gasteiger partial charge on any atom is 0.187 e. The molecular formula is C18H14ClNO2. The molecule has 1 heterocycles. The van der Waals surface area contributed by atoms with E-state index in [4.69, 9.17) is 16.3 Å². The number of hydrogen-bond donors (Lipinski definition) is 1. The van der Waals surface area contributed by atoms with Crippen LogP contribution in [0, 0.1) is 0 Å². The number of H-pyrrole nitrogens is 1. The van der Waals surface area contributed by atoms with E-state index < -0.39 is 0 Å². The Morgan fingerprint density at radius 1 is 1.23 bits per heavy atom. The number of benzene rings is 2. The zero-order valence-corrected chi connectivity index (χ0v) is 12.7. The highest BCUT2D eigenvalue weighted by molar-refractivity contribution is 6.31. The molecule has 2 aromatic carbocycles. The van der Waals surface area contributed by atoms with E-state index in [2.05, 4.69) is 4.98 Å². The van der Waals surface area contributed by atoms with Crippen molar-refractivity contribution >= 4 is 34.4 Å². The quantitative estimate of drug-likeness (QED) is 0.559. The van der Waals surface area contributed by atoms with Crippen LogP contribution in [-0.2, 0) is 0 Å². The molecular weight excluding hydrogens is 298 g/mol. The second-order valence-electron chi connectivity index (χ2n) is 4.87. The Balaban J connectivity index is 1.88. The fourth-order valence-electron chi connectivity index (χ4n) is 2.31. The van der Waals surface area contributed by atoms with Crippen molar-refractivity contribution in [2.45, 2.75) is 0 Å². The van der Waals surface area contributed by atoms with E-state index in [1.165, 1.54) is 0 Å². The third kappa shape index (κ3) is 2.90. The van der Waals surface area contributed by atoms with Crippen LogP contribution in [0.1, 0.15) is 15.9 Å². The number of methoxy groups -OCH3 is 1. The van der Waals surface area contributed by atoms with Gasteiger partial charge in [-0.3, -0.25) is 4.79 Å². The van der Waals surface area contributed by atoms with Crippen molar-refractivity contribution in [1.29, 1.82) is 0 Å². The monoisotopic (exact) mass is 311 g/mol. The van der Waals surface area contributed by atoms with Crippen molar-refractivity contribution in [3.8, 4) is 5.75 Å². The molecule has 0 fully saturated rings. The van der Waals surface area contributed by atoms with Gasteiger partial charge in [-0.05, 0) is 35.9 Å². The Kier molecular flexibility index (Phi) is 3.98. The molecule has 0 atom stereocenters. The highest BCUT2D eigenvalue weighted by atomic mass is 35.5. The van der Waals surface area contributed by atoms with Gasteiger partial charge in [0.1, 0.15) is 5.75 Å². The zero-order valence-electron chi connectivity index (χ0n) is 12.0. The lowest BCUT2D eigenvalue weighted by atomic mass is 10.1. The summed E-state index contributed by atoms with van der Waals surface area (Å²) in [5.74, 6) is 0.702. The van der Waals surface area contributed by atoms with E-state index in [9.17, 15) is 4.79 Å². The van der Waals surface area contributed by atoms with Gasteiger partial charge in [-0.2, -0.15) is 0 Å². The minimum atomic E-state index is -0.0589. The summed E-state index contributed by atoms with van der Waals surface area (Å²) in [5.41, 5.74) is 2.40. The maximum absolute atomic E-state index is 12.4. The van der Waals surface area contributed by atoms with Crippen molar-refractivity contribution in [2.75, 3.05) is 7.11 Å². The number of fused-ring (bicyclic) bond motifs is 1. The van der Waals surface area contributed by atoms with Crippen LogP contribution < -0.4 is 4.74 Å². The maximum atomic E-state index is 12.4. The average molecular weight is 312 g/mol. The topological polar surface area (TPSA) is 42.1 Å². The number of aromatic nitrogens is 1. The molecule has 3 aromatic rings. The molecule has 0 aliphatic carbocycles. The van der Waals surface area contributed by atoms with Crippen molar-refractivity contribution < 1.29 is 9.53 Å². The molecule has 4 heteroatoms. The highest BCUT2D eigenvalue weighted by Gasteiger charge is 2.09. The van der Waals surface area contributed by atoms with E-state index in [-0.39, 0.29) is 5.78 Å².